The van der Waals surface area contributed by atoms with Crippen LogP contribution in [0.2, 0.25) is 0 Å². The van der Waals surface area contributed by atoms with Crippen LogP contribution in [0, 0.1) is 13.8 Å². The van der Waals surface area contributed by atoms with Gasteiger partial charge in [-0.3, -0.25) is 4.98 Å². The normalized spacial score (nSPS) is 6.70. The second-order valence-electron chi connectivity index (χ2n) is 3.13. The van der Waals surface area contributed by atoms with Gasteiger partial charge in [-0.25, -0.2) is 0 Å². The van der Waals surface area contributed by atoms with E-state index < -0.39 is 0 Å². The van der Waals surface area contributed by atoms with Crippen LogP contribution in [-0.2, 0) is 0 Å². The van der Waals surface area contributed by atoms with E-state index in [0.717, 1.165) is 5.69 Å². The highest BCUT2D eigenvalue weighted by molar-refractivity contribution is 5.11. The van der Waals surface area contributed by atoms with Crippen LogP contribution in [-0.4, -0.2) is 4.98 Å². The molecule has 0 atom stereocenters. The molecule has 0 radical (unpaired) electrons. The van der Waals surface area contributed by atoms with Crippen LogP contribution in [0.25, 0.3) is 0 Å². The maximum absolute atomic E-state index is 3.98. The fourth-order valence-corrected chi connectivity index (χ4v) is 0.983. The number of aryl methyl sites for hydroxylation is 2. The van der Waals surface area contributed by atoms with Gasteiger partial charge in [-0.1, -0.05) is 84.5 Å². The van der Waals surface area contributed by atoms with Gasteiger partial charge in [0.15, 0.2) is 0 Å². The Morgan fingerprint density at radius 3 is 1.30 bits per heavy atom. The second-order valence-corrected chi connectivity index (χ2v) is 3.13. The van der Waals surface area contributed by atoms with Gasteiger partial charge in [0.05, 0.1) is 0 Å². The van der Waals surface area contributed by atoms with E-state index in [2.05, 4.69) is 24.0 Å². The first-order valence-electron chi connectivity index (χ1n) is 6.68. The lowest BCUT2D eigenvalue weighted by Crippen LogP contribution is -1.72. The first kappa shape index (κ1) is 26.8. The van der Waals surface area contributed by atoms with Crippen molar-refractivity contribution >= 4 is 0 Å². The van der Waals surface area contributed by atoms with E-state index >= 15 is 0 Å². The van der Waals surface area contributed by atoms with Gasteiger partial charge in [0.25, 0.3) is 0 Å². The van der Waals surface area contributed by atoms with E-state index in [-0.39, 0.29) is 14.9 Å². The third-order valence-electron chi connectivity index (χ3n) is 1.75. The standard InChI is InChI=1S/C7H8.C6H7N.2C2H6.2CH4/c1-7-5-3-2-4-6-7;1-6-4-2-3-5-7-6;2*1-2;;/h2-6H,1H3;2-5H,1H3;2*1-2H3;2*1H4. The molecule has 0 amide bonds. The highest BCUT2D eigenvalue weighted by Crippen LogP contribution is 1.92. The van der Waals surface area contributed by atoms with Gasteiger partial charge in [-0.05, 0) is 26.0 Å². The maximum Gasteiger partial charge on any atom is 0.0372 e. The van der Waals surface area contributed by atoms with Crippen molar-refractivity contribution in [1.29, 1.82) is 0 Å². The maximum atomic E-state index is 3.98. The van der Waals surface area contributed by atoms with Crippen LogP contribution in [0.5, 0.6) is 0 Å². The molecule has 0 aliphatic rings. The highest BCUT2D eigenvalue weighted by Gasteiger charge is 1.73. The summed E-state index contributed by atoms with van der Waals surface area (Å²) in [6.07, 6.45) is 1.79. The average molecular weight is 277 g/mol. The zero-order valence-corrected chi connectivity index (χ0v) is 12.6. The quantitative estimate of drug-likeness (QED) is 0.521. The predicted molar refractivity (Wildman–Crippen MR) is 96.3 cm³/mol. The van der Waals surface area contributed by atoms with Crippen LogP contribution in [0.1, 0.15) is 53.8 Å². The first-order valence-corrected chi connectivity index (χ1v) is 6.68. The fourth-order valence-electron chi connectivity index (χ4n) is 0.983. The molecular weight excluding hydrogens is 242 g/mol. The molecule has 0 bridgehead atoms. The van der Waals surface area contributed by atoms with Gasteiger partial charge < -0.3 is 0 Å². The molecule has 20 heavy (non-hydrogen) atoms. The van der Waals surface area contributed by atoms with E-state index in [4.69, 9.17) is 0 Å². The molecule has 0 saturated heterocycles. The Labute approximate surface area is 128 Å². The monoisotopic (exact) mass is 277 g/mol. The third-order valence-corrected chi connectivity index (χ3v) is 1.75. The minimum atomic E-state index is 0. The Morgan fingerprint density at radius 2 is 1.10 bits per heavy atom. The molecule has 0 unspecified atom stereocenters. The van der Waals surface area contributed by atoms with E-state index in [1.807, 2.05) is 71.0 Å². The number of hydrogen-bond acceptors (Lipinski definition) is 1. The summed E-state index contributed by atoms with van der Waals surface area (Å²) in [7, 11) is 0. The van der Waals surface area contributed by atoms with E-state index in [9.17, 15) is 0 Å². The van der Waals surface area contributed by atoms with Gasteiger partial charge in [-0.2, -0.15) is 0 Å². The lowest BCUT2D eigenvalue weighted by Gasteiger charge is -1.82. The molecule has 1 heteroatoms. The molecule has 1 nitrogen and oxygen atoms in total. The van der Waals surface area contributed by atoms with Crippen LogP contribution in [0.3, 0.4) is 0 Å². The Bertz CT molecular complexity index is 303. The molecule has 1 aromatic heterocycles. The molecule has 0 N–H and O–H groups in total. The summed E-state index contributed by atoms with van der Waals surface area (Å²) in [5.41, 5.74) is 2.39. The van der Waals surface area contributed by atoms with E-state index in [0.29, 0.717) is 0 Å². The smallest absolute Gasteiger partial charge is 0.0372 e. The summed E-state index contributed by atoms with van der Waals surface area (Å²) in [6.45, 7) is 12.1. The minimum absolute atomic E-state index is 0. The van der Waals surface area contributed by atoms with Gasteiger partial charge in [0.1, 0.15) is 0 Å². The third kappa shape index (κ3) is 18.7. The predicted octanol–water partition coefficient (Wildman–Crippen LogP) is 6.71. The number of benzene rings is 1. The van der Waals surface area contributed by atoms with Crippen LogP contribution in [0.4, 0.5) is 0 Å². The zero-order valence-electron chi connectivity index (χ0n) is 12.6. The van der Waals surface area contributed by atoms with Crippen molar-refractivity contribution in [2.24, 2.45) is 0 Å². The Hall–Kier alpha value is -1.63. The molecular formula is C19H35N. The lowest BCUT2D eigenvalue weighted by molar-refractivity contribution is 1.20. The molecule has 0 aliphatic carbocycles. The molecule has 1 heterocycles. The largest absolute Gasteiger partial charge is 0.262 e. The molecule has 116 valence electrons. The van der Waals surface area contributed by atoms with Gasteiger partial charge in [-0.15, -0.1) is 0 Å². The van der Waals surface area contributed by atoms with Gasteiger partial charge >= 0.3 is 0 Å². The molecule has 2 rings (SSSR count). The van der Waals surface area contributed by atoms with Crippen molar-refractivity contribution in [3.05, 3.63) is 66.0 Å². The van der Waals surface area contributed by atoms with E-state index in [1.54, 1.807) is 6.20 Å². The first-order chi connectivity index (χ1) is 8.79. The van der Waals surface area contributed by atoms with Gasteiger partial charge in [0, 0.05) is 11.9 Å². The van der Waals surface area contributed by atoms with Crippen molar-refractivity contribution in [2.75, 3.05) is 0 Å². The Balaban J connectivity index is -0.0000000950. The topological polar surface area (TPSA) is 12.9 Å². The second kappa shape index (κ2) is 22.5. The molecule has 2 aromatic rings. The van der Waals surface area contributed by atoms with Crippen molar-refractivity contribution in [3.63, 3.8) is 0 Å². The Kier molecular flexibility index (Phi) is 30.3. The van der Waals surface area contributed by atoms with Gasteiger partial charge in [0.2, 0.25) is 0 Å². The SMILES string of the molecule is C.C.CC.CC.Cc1ccccc1.Cc1ccccn1. The number of hydrogen-bond donors (Lipinski definition) is 0. The molecule has 0 fully saturated rings. The minimum Gasteiger partial charge on any atom is -0.262 e. The number of rotatable bonds is 0. The van der Waals surface area contributed by atoms with Crippen LogP contribution >= 0.6 is 0 Å². The summed E-state index contributed by atoms with van der Waals surface area (Å²) in [5, 5.41) is 0. The zero-order chi connectivity index (χ0) is 14.2. The van der Waals surface area contributed by atoms with Crippen LogP contribution < -0.4 is 0 Å². The summed E-state index contributed by atoms with van der Waals surface area (Å²) in [4.78, 5) is 3.98. The summed E-state index contributed by atoms with van der Waals surface area (Å²) < 4.78 is 0. The molecule has 1 aromatic carbocycles. The Morgan fingerprint density at radius 1 is 0.650 bits per heavy atom. The lowest BCUT2D eigenvalue weighted by atomic mass is 10.2. The van der Waals surface area contributed by atoms with Crippen molar-refractivity contribution < 1.29 is 0 Å². The fraction of sp³-hybridized carbons (Fsp3) is 0.421. The summed E-state index contributed by atoms with van der Waals surface area (Å²) >= 11 is 0. The summed E-state index contributed by atoms with van der Waals surface area (Å²) in [5.74, 6) is 0. The van der Waals surface area contributed by atoms with Crippen molar-refractivity contribution in [3.8, 4) is 0 Å². The summed E-state index contributed by atoms with van der Waals surface area (Å²) in [6, 6.07) is 16.1. The average Bonchev–Trinajstić information content (AvgIpc) is 2.46. The van der Waals surface area contributed by atoms with Crippen molar-refractivity contribution in [1.82, 2.24) is 4.98 Å². The molecule has 0 saturated carbocycles. The number of aromatic nitrogens is 1. The molecule has 0 spiro atoms. The molecule has 0 aliphatic heterocycles. The van der Waals surface area contributed by atoms with Crippen LogP contribution in [0.15, 0.2) is 54.7 Å². The van der Waals surface area contributed by atoms with E-state index in [1.165, 1.54) is 5.56 Å². The highest BCUT2D eigenvalue weighted by atomic mass is 14.6. The van der Waals surface area contributed by atoms with Crippen molar-refractivity contribution in [2.45, 2.75) is 56.4 Å². The number of nitrogens with zero attached hydrogens (tertiary/aromatic N) is 1. The number of pyridine rings is 1.